The number of benzene rings is 1. The average Bonchev–Trinajstić information content (AvgIpc) is 3.53. The van der Waals surface area contributed by atoms with Crippen molar-refractivity contribution in [3.05, 3.63) is 59.4 Å². The lowest BCUT2D eigenvalue weighted by Gasteiger charge is -2.20. The number of hydrogen-bond donors (Lipinski definition) is 2. The molecule has 0 bridgehead atoms. The molecule has 2 aromatic heterocycles. The lowest BCUT2D eigenvalue weighted by Crippen LogP contribution is -2.28. The van der Waals surface area contributed by atoms with E-state index >= 15 is 0 Å². The molecule has 0 saturated heterocycles. The van der Waals surface area contributed by atoms with E-state index in [9.17, 15) is 22.8 Å². The molecule has 0 aliphatic heterocycles. The largest absolute Gasteiger partial charge is 0.416 e. The van der Waals surface area contributed by atoms with Crippen LogP contribution in [0, 0.1) is 5.92 Å². The topological polar surface area (TPSA) is 110 Å². The number of halogens is 3. The molecule has 4 rings (SSSR count). The Morgan fingerprint density at radius 2 is 1.78 bits per heavy atom. The van der Waals surface area contributed by atoms with E-state index < -0.39 is 29.1 Å². The van der Waals surface area contributed by atoms with Crippen LogP contribution in [0.1, 0.15) is 74.2 Å². The van der Waals surface area contributed by atoms with Gasteiger partial charge in [0.25, 0.3) is 0 Å². The van der Waals surface area contributed by atoms with Crippen molar-refractivity contribution in [2.75, 3.05) is 5.32 Å². The summed E-state index contributed by atoms with van der Waals surface area (Å²) in [6.45, 7) is 6.96. The maximum atomic E-state index is 14.0. The number of amides is 2. The van der Waals surface area contributed by atoms with Gasteiger partial charge in [-0.15, -0.1) is 0 Å². The predicted octanol–water partition coefficient (Wildman–Crippen LogP) is 5.29. The van der Waals surface area contributed by atoms with Crippen LogP contribution in [0.3, 0.4) is 0 Å². The number of carbonyl (C=O) groups is 2. The molecule has 1 aliphatic rings. The maximum Gasteiger partial charge on any atom is 0.416 e. The van der Waals surface area contributed by atoms with Gasteiger partial charge in [0.15, 0.2) is 5.82 Å². The Labute approximate surface area is 205 Å². The van der Waals surface area contributed by atoms with Crippen molar-refractivity contribution < 1.29 is 27.3 Å². The molecule has 190 valence electrons. The van der Waals surface area contributed by atoms with Crippen molar-refractivity contribution in [2.24, 2.45) is 5.92 Å². The van der Waals surface area contributed by atoms with Crippen molar-refractivity contribution >= 4 is 17.6 Å². The number of hydrogen-bond acceptors (Lipinski definition) is 6. The molecule has 1 aromatic carbocycles. The number of nitrogens with one attached hydrogen (secondary N) is 2. The predicted molar refractivity (Wildman–Crippen MR) is 125 cm³/mol. The monoisotopic (exact) mass is 501 g/mol. The van der Waals surface area contributed by atoms with Gasteiger partial charge >= 0.3 is 18.0 Å². The molecule has 1 saturated carbocycles. The van der Waals surface area contributed by atoms with E-state index in [1.165, 1.54) is 31.3 Å². The second-order valence-electron chi connectivity index (χ2n) is 9.86. The van der Waals surface area contributed by atoms with Gasteiger partial charge in [0, 0.05) is 17.5 Å². The Bertz CT molecular complexity index is 1290. The molecule has 1 atom stereocenters. The Kier molecular flexibility index (Phi) is 6.59. The standard InChI is InChI=1S/C25H26F3N5O3/c1-13(30-21(35)22-32-23(33-36-22)24(2,3)4)17-8-7-15(11-18(17)25(26,27)28)16-9-10-29-19(12-16)31-20(34)14-5-6-14/h7-14H,5-6H2,1-4H3,(H,30,35)(H,29,31,34)/t13-/m1/s1. The number of anilines is 1. The first-order chi connectivity index (χ1) is 16.8. The lowest BCUT2D eigenvalue weighted by atomic mass is 9.95. The van der Waals surface area contributed by atoms with Crippen LogP contribution in [0.2, 0.25) is 0 Å². The smallest absolute Gasteiger partial charge is 0.341 e. The minimum absolute atomic E-state index is 0.0320. The van der Waals surface area contributed by atoms with Crippen LogP contribution in [-0.2, 0) is 16.4 Å². The van der Waals surface area contributed by atoms with E-state index in [0.29, 0.717) is 17.0 Å². The van der Waals surface area contributed by atoms with Crippen LogP contribution in [0.25, 0.3) is 11.1 Å². The summed E-state index contributed by atoms with van der Waals surface area (Å²) in [6, 6.07) is 5.96. The fourth-order valence-electron chi connectivity index (χ4n) is 3.57. The van der Waals surface area contributed by atoms with Gasteiger partial charge in [-0.1, -0.05) is 38.1 Å². The van der Waals surface area contributed by atoms with Crippen molar-refractivity contribution in [2.45, 2.75) is 58.2 Å². The van der Waals surface area contributed by atoms with E-state index in [4.69, 9.17) is 4.52 Å². The minimum Gasteiger partial charge on any atom is -0.341 e. The number of carbonyl (C=O) groups excluding carboxylic acids is 2. The molecule has 11 heteroatoms. The normalized spacial score (nSPS) is 14.9. The van der Waals surface area contributed by atoms with Crippen molar-refractivity contribution in [3.63, 3.8) is 0 Å². The van der Waals surface area contributed by atoms with Gasteiger partial charge in [0.2, 0.25) is 5.91 Å². The van der Waals surface area contributed by atoms with Gasteiger partial charge in [-0.05, 0) is 54.7 Å². The first-order valence-corrected chi connectivity index (χ1v) is 11.5. The minimum atomic E-state index is -4.68. The van der Waals surface area contributed by atoms with Crippen LogP contribution in [0.4, 0.5) is 19.0 Å². The summed E-state index contributed by atoms with van der Waals surface area (Å²) in [5, 5.41) is 8.97. The zero-order chi connectivity index (χ0) is 26.3. The molecule has 2 N–H and O–H groups in total. The fourth-order valence-corrected chi connectivity index (χ4v) is 3.57. The van der Waals surface area contributed by atoms with E-state index in [2.05, 4.69) is 25.8 Å². The third-order valence-electron chi connectivity index (χ3n) is 5.76. The van der Waals surface area contributed by atoms with Crippen LogP contribution in [0.15, 0.2) is 41.1 Å². The van der Waals surface area contributed by atoms with Gasteiger partial charge in [-0.3, -0.25) is 9.59 Å². The summed E-state index contributed by atoms with van der Waals surface area (Å²) in [5.41, 5.74) is -0.716. The average molecular weight is 502 g/mol. The van der Waals surface area contributed by atoms with Gasteiger partial charge in [0.1, 0.15) is 5.82 Å². The summed E-state index contributed by atoms with van der Waals surface area (Å²) in [6.07, 6.45) is -1.61. The molecule has 1 aliphatic carbocycles. The summed E-state index contributed by atoms with van der Waals surface area (Å²) in [4.78, 5) is 32.7. The lowest BCUT2D eigenvalue weighted by molar-refractivity contribution is -0.138. The highest BCUT2D eigenvalue weighted by atomic mass is 19.4. The fraction of sp³-hybridized carbons (Fsp3) is 0.400. The SMILES string of the molecule is C[C@@H](NC(=O)c1nc(C(C)(C)C)no1)c1ccc(-c2ccnc(NC(=O)C3CC3)c2)cc1C(F)(F)F. The second kappa shape index (κ2) is 9.36. The van der Waals surface area contributed by atoms with Crippen molar-refractivity contribution in [1.29, 1.82) is 0 Å². The number of aromatic nitrogens is 3. The van der Waals surface area contributed by atoms with E-state index in [1.807, 2.05) is 20.8 Å². The summed E-state index contributed by atoms with van der Waals surface area (Å²) in [7, 11) is 0. The van der Waals surface area contributed by atoms with E-state index in [0.717, 1.165) is 18.9 Å². The molecule has 36 heavy (non-hydrogen) atoms. The number of rotatable bonds is 6. The molecule has 0 unspecified atom stereocenters. The summed E-state index contributed by atoms with van der Waals surface area (Å²) >= 11 is 0. The molecule has 0 radical (unpaired) electrons. The maximum absolute atomic E-state index is 14.0. The number of pyridine rings is 1. The van der Waals surface area contributed by atoms with Crippen molar-refractivity contribution in [1.82, 2.24) is 20.4 Å². The first kappa shape index (κ1) is 25.3. The van der Waals surface area contributed by atoms with Crippen LogP contribution >= 0.6 is 0 Å². The third-order valence-corrected chi connectivity index (χ3v) is 5.76. The number of nitrogens with zero attached hydrogens (tertiary/aromatic N) is 3. The van der Waals surface area contributed by atoms with Crippen LogP contribution < -0.4 is 10.6 Å². The zero-order valence-corrected chi connectivity index (χ0v) is 20.2. The zero-order valence-electron chi connectivity index (χ0n) is 20.2. The van der Waals surface area contributed by atoms with Gasteiger partial charge in [0.05, 0.1) is 11.6 Å². The summed E-state index contributed by atoms with van der Waals surface area (Å²) in [5.74, 6) is -0.688. The second-order valence-corrected chi connectivity index (χ2v) is 9.86. The highest BCUT2D eigenvalue weighted by molar-refractivity contribution is 5.93. The van der Waals surface area contributed by atoms with Crippen LogP contribution in [0.5, 0.6) is 0 Å². The molecule has 8 nitrogen and oxygen atoms in total. The number of alkyl halides is 3. The Morgan fingerprint density at radius 1 is 1.08 bits per heavy atom. The Hall–Kier alpha value is -3.76. The quantitative estimate of drug-likeness (QED) is 0.475. The Balaban J connectivity index is 1.58. The van der Waals surface area contributed by atoms with Gasteiger partial charge in [-0.2, -0.15) is 18.2 Å². The molecule has 1 fully saturated rings. The van der Waals surface area contributed by atoms with Crippen molar-refractivity contribution in [3.8, 4) is 11.1 Å². The molecular formula is C25H26F3N5O3. The highest BCUT2D eigenvalue weighted by Gasteiger charge is 2.36. The molecule has 0 spiro atoms. The molecular weight excluding hydrogens is 475 g/mol. The van der Waals surface area contributed by atoms with Gasteiger partial charge in [-0.25, -0.2) is 4.98 Å². The van der Waals surface area contributed by atoms with E-state index in [1.54, 1.807) is 6.07 Å². The summed E-state index contributed by atoms with van der Waals surface area (Å²) < 4.78 is 47.1. The Morgan fingerprint density at radius 3 is 2.39 bits per heavy atom. The van der Waals surface area contributed by atoms with E-state index in [-0.39, 0.29) is 29.1 Å². The molecule has 2 heterocycles. The van der Waals surface area contributed by atoms with Crippen LogP contribution in [-0.4, -0.2) is 26.9 Å². The first-order valence-electron chi connectivity index (χ1n) is 11.5. The molecule has 2 amide bonds. The molecule has 3 aromatic rings. The third kappa shape index (κ3) is 5.72. The highest BCUT2D eigenvalue weighted by Crippen LogP contribution is 2.38. The van der Waals surface area contributed by atoms with Gasteiger partial charge < -0.3 is 15.2 Å².